The zero-order valence-electron chi connectivity index (χ0n) is 13.0. The fourth-order valence-corrected chi connectivity index (χ4v) is 2.40. The number of halogens is 2. The molecular weight excluding hydrogens is 353 g/mol. The molecule has 8 heteroatoms. The molecule has 0 spiro atoms. The van der Waals surface area contributed by atoms with Crippen molar-refractivity contribution in [1.29, 1.82) is 0 Å². The van der Waals surface area contributed by atoms with E-state index in [0.717, 1.165) is 0 Å². The zero-order chi connectivity index (χ0) is 17.7. The van der Waals surface area contributed by atoms with E-state index in [2.05, 4.69) is 15.6 Å². The molecule has 2 amide bonds. The normalized spacial score (nSPS) is 10.4. The minimum absolute atomic E-state index is 0.173. The predicted molar refractivity (Wildman–Crippen MR) is 93.9 cm³/mol. The number of amides is 2. The first-order chi connectivity index (χ1) is 11.4. The molecule has 2 aromatic rings. The Balaban J connectivity index is 2.12. The van der Waals surface area contributed by atoms with Crippen molar-refractivity contribution in [3.05, 3.63) is 52.1 Å². The van der Waals surface area contributed by atoms with Gasteiger partial charge in [-0.15, -0.1) is 0 Å². The molecule has 1 heterocycles. The molecule has 0 atom stereocenters. The summed E-state index contributed by atoms with van der Waals surface area (Å²) in [6.45, 7) is 3.47. The van der Waals surface area contributed by atoms with Crippen molar-refractivity contribution in [2.45, 2.75) is 20.0 Å². The minimum atomic E-state index is -0.630. The topological polar surface area (TPSA) is 80.3 Å². The van der Waals surface area contributed by atoms with Crippen LogP contribution in [-0.2, 0) is 4.74 Å². The highest BCUT2D eigenvalue weighted by molar-refractivity contribution is 6.40. The van der Waals surface area contributed by atoms with Crippen molar-refractivity contribution in [3.63, 3.8) is 0 Å². The molecule has 0 aliphatic heterocycles. The smallest absolute Gasteiger partial charge is 0.413 e. The number of hydrogen-bond donors (Lipinski definition) is 2. The van der Waals surface area contributed by atoms with E-state index < -0.39 is 12.0 Å². The first kappa shape index (κ1) is 18.0. The van der Waals surface area contributed by atoms with Gasteiger partial charge in [-0.25, -0.2) is 9.78 Å². The Kier molecular flexibility index (Phi) is 6.00. The second-order valence-corrected chi connectivity index (χ2v) is 5.87. The molecule has 2 N–H and O–H groups in total. The summed E-state index contributed by atoms with van der Waals surface area (Å²) in [5.41, 5.74) is 0.595. The second kappa shape index (κ2) is 7.99. The molecule has 0 radical (unpaired) electrons. The largest absolute Gasteiger partial charge is 0.447 e. The molecule has 0 saturated carbocycles. The van der Waals surface area contributed by atoms with Crippen LogP contribution in [0, 0.1) is 0 Å². The summed E-state index contributed by atoms with van der Waals surface area (Å²) in [5.74, 6) is -0.226. The lowest BCUT2D eigenvalue weighted by Crippen LogP contribution is -2.19. The van der Waals surface area contributed by atoms with Crippen LogP contribution in [0.5, 0.6) is 0 Å². The Labute approximate surface area is 149 Å². The molecule has 2 rings (SSSR count). The molecule has 0 aliphatic rings. The van der Waals surface area contributed by atoms with Crippen LogP contribution >= 0.6 is 23.2 Å². The molecule has 0 fully saturated rings. The van der Waals surface area contributed by atoms with E-state index >= 15 is 0 Å². The standard InChI is InChI=1S/C16H15Cl2N3O3/c1-9(2)24-16(23)21-13-8-10(6-7-19-13)20-15(22)14-11(17)4-3-5-12(14)18/h3-9H,1-2H3,(H2,19,20,21,22,23). The van der Waals surface area contributed by atoms with Crippen LogP contribution in [0.3, 0.4) is 0 Å². The van der Waals surface area contributed by atoms with Crippen molar-refractivity contribution >= 4 is 46.7 Å². The number of pyridine rings is 1. The van der Waals surface area contributed by atoms with E-state index in [1.807, 2.05) is 0 Å². The lowest BCUT2D eigenvalue weighted by Gasteiger charge is -2.11. The fraction of sp³-hybridized carbons (Fsp3) is 0.188. The Morgan fingerprint density at radius 1 is 1.12 bits per heavy atom. The Morgan fingerprint density at radius 3 is 2.42 bits per heavy atom. The SMILES string of the molecule is CC(C)OC(=O)Nc1cc(NC(=O)c2c(Cl)cccc2Cl)ccn1. The first-order valence-corrected chi connectivity index (χ1v) is 7.81. The van der Waals surface area contributed by atoms with Crippen LogP contribution < -0.4 is 10.6 Å². The van der Waals surface area contributed by atoms with Crippen molar-refractivity contribution in [2.75, 3.05) is 10.6 Å². The molecule has 0 bridgehead atoms. The molecule has 126 valence electrons. The third-order valence-corrected chi connectivity index (χ3v) is 3.41. The Morgan fingerprint density at radius 2 is 1.79 bits per heavy atom. The van der Waals surface area contributed by atoms with Crippen LogP contribution in [0.15, 0.2) is 36.5 Å². The number of nitrogens with zero attached hydrogens (tertiary/aromatic N) is 1. The number of carbonyl (C=O) groups excluding carboxylic acids is 2. The average Bonchev–Trinajstić information content (AvgIpc) is 2.46. The minimum Gasteiger partial charge on any atom is -0.447 e. The number of ether oxygens (including phenoxy) is 1. The Hall–Kier alpha value is -2.31. The third kappa shape index (κ3) is 4.84. The number of nitrogens with one attached hydrogen (secondary N) is 2. The number of carbonyl (C=O) groups is 2. The summed E-state index contributed by atoms with van der Waals surface area (Å²) >= 11 is 12.0. The molecule has 24 heavy (non-hydrogen) atoms. The highest BCUT2D eigenvalue weighted by Gasteiger charge is 2.15. The number of hydrogen-bond acceptors (Lipinski definition) is 4. The van der Waals surface area contributed by atoms with E-state index in [-0.39, 0.29) is 27.5 Å². The van der Waals surface area contributed by atoms with Gasteiger partial charge in [0, 0.05) is 18.0 Å². The summed E-state index contributed by atoms with van der Waals surface area (Å²) in [6.07, 6.45) is 0.555. The van der Waals surface area contributed by atoms with Gasteiger partial charge in [-0.3, -0.25) is 10.1 Å². The van der Waals surface area contributed by atoms with Gasteiger partial charge in [-0.1, -0.05) is 29.3 Å². The highest BCUT2D eigenvalue weighted by Crippen LogP contribution is 2.25. The van der Waals surface area contributed by atoms with Crippen LogP contribution in [0.4, 0.5) is 16.3 Å². The average molecular weight is 368 g/mol. The van der Waals surface area contributed by atoms with Gasteiger partial charge in [0.15, 0.2) is 0 Å². The Bertz CT molecular complexity index is 746. The van der Waals surface area contributed by atoms with Crippen LogP contribution in [0.25, 0.3) is 0 Å². The van der Waals surface area contributed by atoms with E-state index in [9.17, 15) is 9.59 Å². The van der Waals surface area contributed by atoms with Gasteiger partial charge in [0.1, 0.15) is 5.82 Å². The molecule has 0 aliphatic carbocycles. The van der Waals surface area contributed by atoms with Crippen molar-refractivity contribution < 1.29 is 14.3 Å². The third-order valence-electron chi connectivity index (χ3n) is 2.78. The van der Waals surface area contributed by atoms with E-state index in [1.54, 1.807) is 38.1 Å². The van der Waals surface area contributed by atoms with E-state index in [4.69, 9.17) is 27.9 Å². The number of aromatic nitrogens is 1. The highest BCUT2D eigenvalue weighted by atomic mass is 35.5. The fourth-order valence-electron chi connectivity index (χ4n) is 1.83. The van der Waals surface area contributed by atoms with Gasteiger partial charge in [-0.2, -0.15) is 0 Å². The first-order valence-electron chi connectivity index (χ1n) is 7.06. The maximum atomic E-state index is 12.3. The summed E-state index contributed by atoms with van der Waals surface area (Å²) in [7, 11) is 0. The van der Waals surface area contributed by atoms with Gasteiger partial charge in [0.2, 0.25) is 0 Å². The summed E-state index contributed by atoms with van der Waals surface area (Å²) in [5, 5.41) is 5.61. The molecular formula is C16H15Cl2N3O3. The van der Waals surface area contributed by atoms with Crippen LogP contribution in [0.2, 0.25) is 10.0 Å². The maximum Gasteiger partial charge on any atom is 0.413 e. The lowest BCUT2D eigenvalue weighted by molar-refractivity contribution is 0.102. The molecule has 1 aromatic heterocycles. The van der Waals surface area contributed by atoms with Gasteiger partial charge < -0.3 is 10.1 Å². The number of rotatable bonds is 4. The molecule has 0 saturated heterocycles. The van der Waals surface area contributed by atoms with E-state index in [1.165, 1.54) is 12.3 Å². The molecule has 1 aromatic carbocycles. The summed E-state index contributed by atoms with van der Waals surface area (Å²) in [4.78, 5) is 27.9. The van der Waals surface area contributed by atoms with Gasteiger partial charge in [0.25, 0.3) is 5.91 Å². The van der Waals surface area contributed by atoms with Crippen molar-refractivity contribution in [2.24, 2.45) is 0 Å². The van der Waals surface area contributed by atoms with Crippen LogP contribution in [0.1, 0.15) is 24.2 Å². The van der Waals surface area contributed by atoms with Crippen molar-refractivity contribution in [3.8, 4) is 0 Å². The monoisotopic (exact) mass is 367 g/mol. The lowest BCUT2D eigenvalue weighted by atomic mass is 10.2. The predicted octanol–water partition coefficient (Wildman–Crippen LogP) is 4.60. The molecule has 0 unspecified atom stereocenters. The number of anilines is 2. The van der Waals surface area contributed by atoms with Crippen molar-refractivity contribution in [1.82, 2.24) is 4.98 Å². The number of benzene rings is 1. The van der Waals surface area contributed by atoms with E-state index in [0.29, 0.717) is 5.69 Å². The van der Waals surface area contributed by atoms with Gasteiger partial charge in [0.05, 0.1) is 21.7 Å². The summed E-state index contributed by atoms with van der Waals surface area (Å²) in [6, 6.07) is 7.86. The zero-order valence-corrected chi connectivity index (χ0v) is 14.5. The summed E-state index contributed by atoms with van der Waals surface area (Å²) < 4.78 is 4.96. The van der Waals surface area contributed by atoms with Gasteiger partial charge >= 0.3 is 6.09 Å². The molecule has 6 nitrogen and oxygen atoms in total. The second-order valence-electron chi connectivity index (χ2n) is 5.06. The van der Waals surface area contributed by atoms with Gasteiger partial charge in [-0.05, 0) is 32.0 Å². The van der Waals surface area contributed by atoms with Crippen LogP contribution in [-0.4, -0.2) is 23.1 Å². The maximum absolute atomic E-state index is 12.3. The quantitative estimate of drug-likeness (QED) is 0.827.